The van der Waals surface area contributed by atoms with Crippen molar-refractivity contribution in [1.29, 1.82) is 0 Å². The van der Waals surface area contributed by atoms with Gasteiger partial charge in [-0.15, -0.1) is 0 Å². The van der Waals surface area contributed by atoms with E-state index in [4.69, 9.17) is 27.9 Å². The smallest absolute Gasteiger partial charge is 0.122 e. The van der Waals surface area contributed by atoms with Gasteiger partial charge >= 0.3 is 0 Å². The Morgan fingerprint density at radius 3 is 2.39 bits per heavy atom. The van der Waals surface area contributed by atoms with Crippen molar-refractivity contribution in [3.63, 3.8) is 0 Å². The monoisotopic (exact) mass is 287 g/mol. The minimum atomic E-state index is -0.0650. The molecule has 0 heterocycles. The second-order valence-electron chi connectivity index (χ2n) is 5.96. The van der Waals surface area contributed by atoms with Gasteiger partial charge in [-0.2, -0.15) is 0 Å². The molecule has 0 spiro atoms. The van der Waals surface area contributed by atoms with Crippen LogP contribution < -0.4 is 10.1 Å². The third kappa shape index (κ3) is 3.78. The van der Waals surface area contributed by atoms with Crippen LogP contribution >= 0.6 is 23.2 Å². The van der Waals surface area contributed by atoms with E-state index in [2.05, 4.69) is 26.1 Å². The molecule has 0 saturated heterocycles. The van der Waals surface area contributed by atoms with Gasteiger partial charge < -0.3 is 10.1 Å². The van der Waals surface area contributed by atoms with E-state index < -0.39 is 0 Å². The van der Waals surface area contributed by atoms with E-state index in [0.29, 0.717) is 10.0 Å². The number of halogens is 2. The molecule has 1 fully saturated rings. The molecule has 100 valence electrons. The molecule has 0 aromatic heterocycles. The molecule has 1 aliphatic rings. The zero-order chi connectivity index (χ0) is 13.4. The molecule has 1 aromatic carbocycles. The Labute approximate surface area is 119 Å². The average molecular weight is 288 g/mol. The van der Waals surface area contributed by atoms with Crippen LogP contribution in [0.4, 0.5) is 0 Å². The molecule has 1 aromatic rings. The van der Waals surface area contributed by atoms with E-state index in [1.165, 1.54) is 0 Å². The zero-order valence-corrected chi connectivity index (χ0v) is 12.5. The van der Waals surface area contributed by atoms with Gasteiger partial charge in [0.05, 0.1) is 10.0 Å². The largest absolute Gasteiger partial charge is 0.486 e. The summed E-state index contributed by atoms with van der Waals surface area (Å²) in [5.74, 6) is 0.789. The van der Waals surface area contributed by atoms with Crippen LogP contribution in [-0.4, -0.2) is 17.7 Å². The summed E-state index contributed by atoms with van der Waals surface area (Å²) in [6.07, 6.45) is 2.16. The van der Waals surface area contributed by atoms with Crippen molar-refractivity contribution in [2.75, 3.05) is 6.54 Å². The molecule has 0 aliphatic heterocycles. The minimum Gasteiger partial charge on any atom is -0.486 e. The Hall–Kier alpha value is -0.440. The van der Waals surface area contributed by atoms with Crippen LogP contribution in [-0.2, 0) is 0 Å². The highest BCUT2D eigenvalue weighted by Crippen LogP contribution is 2.41. The molecule has 4 heteroatoms. The van der Waals surface area contributed by atoms with Crippen LogP contribution in [0.25, 0.3) is 0 Å². The first-order valence-electron chi connectivity index (χ1n) is 6.19. The molecule has 18 heavy (non-hydrogen) atoms. The summed E-state index contributed by atoms with van der Waals surface area (Å²) in [4.78, 5) is 0. The van der Waals surface area contributed by atoms with Gasteiger partial charge in [0.25, 0.3) is 0 Å². The molecule has 2 rings (SSSR count). The predicted molar refractivity (Wildman–Crippen MR) is 76.8 cm³/mol. The molecule has 0 bridgehead atoms. The van der Waals surface area contributed by atoms with Crippen LogP contribution in [0, 0.1) is 0 Å². The highest BCUT2D eigenvalue weighted by molar-refractivity contribution is 6.42. The maximum absolute atomic E-state index is 6.04. The first-order chi connectivity index (χ1) is 8.30. The van der Waals surface area contributed by atoms with Gasteiger partial charge in [0.15, 0.2) is 0 Å². The first-order valence-corrected chi connectivity index (χ1v) is 6.94. The topological polar surface area (TPSA) is 21.3 Å². The van der Waals surface area contributed by atoms with Crippen LogP contribution in [0.2, 0.25) is 10.0 Å². The molecular formula is C14H19Cl2NO. The SMILES string of the molecule is CC(C)(C)NCC1(Oc2ccc(Cl)c(Cl)c2)CC1. The molecule has 0 amide bonds. The number of rotatable bonds is 4. The Bertz CT molecular complexity index is 436. The van der Waals surface area contributed by atoms with Gasteiger partial charge in [-0.25, -0.2) is 0 Å². The van der Waals surface area contributed by atoms with Gasteiger partial charge in [-0.3, -0.25) is 0 Å². The molecule has 0 atom stereocenters. The quantitative estimate of drug-likeness (QED) is 0.892. The fourth-order valence-electron chi connectivity index (χ4n) is 1.67. The number of nitrogens with one attached hydrogen (secondary N) is 1. The van der Waals surface area contributed by atoms with Crippen LogP contribution in [0.5, 0.6) is 5.75 Å². The fraction of sp³-hybridized carbons (Fsp3) is 0.571. The van der Waals surface area contributed by atoms with Crippen molar-refractivity contribution in [2.24, 2.45) is 0 Å². The summed E-state index contributed by atoms with van der Waals surface area (Å²) in [6, 6.07) is 5.42. The molecule has 0 unspecified atom stereocenters. The van der Waals surface area contributed by atoms with Gasteiger partial charge in [0.2, 0.25) is 0 Å². The van der Waals surface area contributed by atoms with Gasteiger partial charge in [-0.05, 0) is 45.7 Å². The minimum absolute atomic E-state index is 0.0650. The third-order valence-corrected chi connectivity index (χ3v) is 3.71. The Balaban J connectivity index is 1.98. The second-order valence-corrected chi connectivity index (χ2v) is 6.78. The molecule has 1 aliphatic carbocycles. The molecule has 1 saturated carbocycles. The normalized spacial score (nSPS) is 17.6. The van der Waals surface area contributed by atoms with Crippen molar-refractivity contribution in [2.45, 2.75) is 44.8 Å². The molecule has 0 radical (unpaired) electrons. The Kier molecular flexibility index (Phi) is 3.82. The standard InChI is InChI=1S/C14H19Cl2NO/c1-13(2,3)17-9-14(6-7-14)18-10-4-5-11(15)12(16)8-10/h4-5,8,17H,6-7,9H2,1-3H3. The van der Waals surface area contributed by atoms with Gasteiger partial charge in [-0.1, -0.05) is 23.2 Å². The van der Waals surface area contributed by atoms with E-state index in [0.717, 1.165) is 25.1 Å². The van der Waals surface area contributed by atoms with Crippen LogP contribution in [0.15, 0.2) is 18.2 Å². The highest BCUT2D eigenvalue weighted by Gasteiger charge is 2.45. The average Bonchev–Trinajstić information content (AvgIpc) is 3.01. The third-order valence-electron chi connectivity index (χ3n) is 2.97. The zero-order valence-electron chi connectivity index (χ0n) is 11.0. The predicted octanol–water partition coefficient (Wildman–Crippen LogP) is 4.29. The molecule has 1 N–H and O–H groups in total. The van der Waals surface area contributed by atoms with Crippen molar-refractivity contribution in [3.8, 4) is 5.75 Å². The van der Waals surface area contributed by atoms with E-state index in [1.807, 2.05) is 6.07 Å². The summed E-state index contributed by atoms with van der Waals surface area (Å²) in [6.45, 7) is 7.32. The van der Waals surface area contributed by atoms with Gasteiger partial charge in [0, 0.05) is 18.2 Å². The van der Waals surface area contributed by atoms with Crippen molar-refractivity contribution in [3.05, 3.63) is 28.2 Å². The van der Waals surface area contributed by atoms with Crippen molar-refractivity contribution >= 4 is 23.2 Å². The number of benzene rings is 1. The highest BCUT2D eigenvalue weighted by atomic mass is 35.5. The molecule has 2 nitrogen and oxygen atoms in total. The van der Waals surface area contributed by atoms with E-state index in [-0.39, 0.29) is 11.1 Å². The summed E-state index contributed by atoms with van der Waals surface area (Å²) in [5.41, 5.74) is 0.0427. The summed E-state index contributed by atoms with van der Waals surface area (Å²) < 4.78 is 6.04. The Morgan fingerprint density at radius 2 is 1.89 bits per heavy atom. The van der Waals surface area contributed by atoms with Crippen LogP contribution in [0.3, 0.4) is 0 Å². The number of ether oxygens (including phenoxy) is 1. The summed E-state index contributed by atoms with van der Waals surface area (Å²) >= 11 is 11.9. The van der Waals surface area contributed by atoms with E-state index >= 15 is 0 Å². The lowest BCUT2D eigenvalue weighted by Crippen LogP contribution is -2.43. The van der Waals surface area contributed by atoms with E-state index in [1.54, 1.807) is 12.1 Å². The number of hydrogen-bond acceptors (Lipinski definition) is 2. The number of hydrogen-bond donors (Lipinski definition) is 1. The van der Waals surface area contributed by atoms with Crippen LogP contribution in [0.1, 0.15) is 33.6 Å². The lowest BCUT2D eigenvalue weighted by Gasteiger charge is -2.26. The van der Waals surface area contributed by atoms with Crippen molar-refractivity contribution in [1.82, 2.24) is 5.32 Å². The maximum atomic E-state index is 6.04. The Morgan fingerprint density at radius 1 is 1.22 bits per heavy atom. The fourth-order valence-corrected chi connectivity index (χ4v) is 1.96. The first kappa shape index (κ1) is 14.0. The second kappa shape index (κ2) is 4.92. The molecular weight excluding hydrogens is 269 g/mol. The lowest BCUT2D eigenvalue weighted by atomic mass is 10.1. The summed E-state index contributed by atoms with van der Waals surface area (Å²) in [5, 5.41) is 4.58. The summed E-state index contributed by atoms with van der Waals surface area (Å²) in [7, 11) is 0. The van der Waals surface area contributed by atoms with E-state index in [9.17, 15) is 0 Å². The van der Waals surface area contributed by atoms with Gasteiger partial charge in [0.1, 0.15) is 11.4 Å². The van der Waals surface area contributed by atoms with Crippen molar-refractivity contribution < 1.29 is 4.74 Å². The lowest BCUT2D eigenvalue weighted by molar-refractivity contribution is 0.164. The maximum Gasteiger partial charge on any atom is 0.122 e.